The molecule has 5 nitrogen and oxygen atoms in total. The van der Waals surface area contributed by atoms with Crippen LogP contribution in [0.25, 0.3) is 0 Å². The Morgan fingerprint density at radius 1 is 1.22 bits per heavy atom. The number of benzene rings is 1. The van der Waals surface area contributed by atoms with E-state index < -0.39 is 0 Å². The first kappa shape index (κ1) is 18.9. The van der Waals surface area contributed by atoms with Crippen LogP contribution >= 0.6 is 0 Å². The number of guanidine groups is 1. The first-order valence-electron chi connectivity index (χ1n) is 7.74. The third-order valence-corrected chi connectivity index (χ3v) is 3.54. The molecule has 128 valence electrons. The zero-order chi connectivity index (χ0) is 17.5. The standard InChI is InChI=1S/C17H27FN4O/c1-6-19-16(20-11-15(23)22(4)5)21-12-17(2,3)13-7-9-14(18)10-8-13/h7-10H,6,11-12H2,1-5H3,(H2,19,20,21). The van der Waals surface area contributed by atoms with Gasteiger partial charge in [-0.2, -0.15) is 0 Å². The molecule has 0 heterocycles. The van der Waals surface area contributed by atoms with Crippen LogP contribution in [0, 0.1) is 5.82 Å². The Morgan fingerprint density at radius 2 is 1.83 bits per heavy atom. The van der Waals surface area contributed by atoms with E-state index in [1.54, 1.807) is 26.2 Å². The van der Waals surface area contributed by atoms with E-state index in [2.05, 4.69) is 29.5 Å². The predicted octanol–water partition coefficient (Wildman–Crippen LogP) is 1.75. The van der Waals surface area contributed by atoms with E-state index in [0.717, 1.165) is 5.56 Å². The minimum Gasteiger partial charge on any atom is -0.357 e. The van der Waals surface area contributed by atoms with Crippen molar-refractivity contribution in [2.75, 3.05) is 33.7 Å². The lowest BCUT2D eigenvalue weighted by molar-refractivity contribution is -0.127. The maximum absolute atomic E-state index is 13.0. The molecule has 6 heteroatoms. The Kier molecular flexibility index (Phi) is 7.00. The summed E-state index contributed by atoms with van der Waals surface area (Å²) in [4.78, 5) is 17.4. The fourth-order valence-electron chi connectivity index (χ4n) is 1.94. The highest BCUT2D eigenvalue weighted by molar-refractivity contribution is 5.84. The maximum Gasteiger partial charge on any atom is 0.243 e. The van der Waals surface area contributed by atoms with Crippen LogP contribution in [0.1, 0.15) is 26.3 Å². The quantitative estimate of drug-likeness (QED) is 0.620. The van der Waals surface area contributed by atoms with E-state index in [9.17, 15) is 9.18 Å². The average molecular weight is 322 g/mol. The molecule has 1 rings (SSSR count). The van der Waals surface area contributed by atoms with Gasteiger partial charge in [-0.3, -0.25) is 4.79 Å². The monoisotopic (exact) mass is 322 g/mol. The van der Waals surface area contributed by atoms with Gasteiger partial charge >= 0.3 is 0 Å². The molecule has 0 saturated heterocycles. The van der Waals surface area contributed by atoms with E-state index in [1.165, 1.54) is 17.0 Å². The molecule has 0 saturated carbocycles. The van der Waals surface area contributed by atoms with Crippen molar-refractivity contribution in [3.8, 4) is 0 Å². The third kappa shape index (κ3) is 6.26. The van der Waals surface area contributed by atoms with Crippen LogP contribution < -0.4 is 10.6 Å². The molecule has 0 unspecified atom stereocenters. The summed E-state index contributed by atoms with van der Waals surface area (Å²) in [5, 5.41) is 6.36. The molecule has 1 aromatic carbocycles. The largest absolute Gasteiger partial charge is 0.357 e. The Morgan fingerprint density at radius 3 is 2.35 bits per heavy atom. The smallest absolute Gasteiger partial charge is 0.243 e. The van der Waals surface area contributed by atoms with Crippen LogP contribution in [0.2, 0.25) is 0 Å². The van der Waals surface area contributed by atoms with Crippen LogP contribution in [0.5, 0.6) is 0 Å². The predicted molar refractivity (Wildman–Crippen MR) is 92.1 cm³/mol. The molecule has 0 radical (unpaired) electrons. The van der Waals surface area contributed by atoms with Crippen molar-refractivity contribution in [1.29, 1.82) is 0 Å². The Hall–Kier alpha value is -2.11. The Labute approximate surface area is 138 Å². The number of hydrogen-bond donors (Lipinski definition) is 2. The number of nitrogens with one attached hydrogen (secondary N) is 2. The minimum atomic E-state index is -0.241. The highest BCUT2D eigenvalue weighted by atomic mass is 19.1. The molecule has 23 heavy (non-hydrogen) atoms. The molecule has 0 spiro atoms. The summed E-state index contributed by atoms with van der Waals surface area (Å²) in [6.45, 7) is 7.53. The molecular formula is C17H27FN4O. The minimum absolute atomic E-state index is 0.0556. The molecule has 0 aromatic heterocycles. The van der Waals surface area contributed by atoms with E-state index >= 15 is 0 Å². The molecule has 0 fully saturated rings. The molecule has 0 bridgehead atoms. The summed E-state index contributed by atoms with van der Waals surface area (Å²) in [6, 6.07) is 6.51. The highest BCUT2D eigenvalue weighted by Gasteiger charge is 2.21. The molecule has 0 aliphatic carbocycles. The van der Waals surface area contributed by atoms with Gasteiger partial charge in [-0.25, -0.2) is 9.38 Å². The number of likely N-dealkylation sites (N-methyl/N-ethyl adjacent to an activating group) is 1. The molecule has 1 aromatic rings. The number of carbonyl (C=O) groups excluding carboxylic acids is 1. The van der Waals surface area contributed by atoms with Crippen molar-refractivity contribution in [3.63, 3.8) is 0 Å². The van der Waals surface area contributed by atoms with Gasteiger partial charge in [0.1, 0.15) is 12.4 Å². The molecule has 0 atom stereocenters. The van der Waals surface area contributed by atoms with Crippen molar-refractivity contribution in [2.45, 2.75) is 26.2 Å². The van der Waals surface area contributed by atoms with Crippen molar-refractivity contribution in [3.05, 3.63) is 35.6 Å². The van der Waals surface area contributed by atoms with Crippen molar-refractivity contribution < 1.29 is 9.18 Å². The molecule has 0 aliphatic rings. The van der Waals surface area contributed by atoms with Gasteiger partial charge in [0.15, 0.2) is 5.96 Å². The SMILES string of the molecule is CCNC(=NCC(=O)N(C)C)NCC(C)(C)c1ccc(F)cc1. The van der Waals surface area contributed by atoms with Crippen LogP contribution in [-0.2, 0) is 10.2 Å². The second kappa shape index (κ2) is 8.50. The third-order valence-electron chi connectivity index (χ3n) is 3.54. The number of halogens is 1. The highest BCUT2D eigenvalue weighted by Crippen LogP contribution is 2.22. The van der Waals surface area contributed by atoms with Crippen LogP contribution in [0.3, 0.4) is 0 Å². The zero-order valence-corrected chi connectivity index (χ0v) is 14.6. The van der Waals surface area contributed by atoms with Crippen molar-refractivity contribution >= 4 is 11.9 Å². The Balaban J connectivity index is 2.71. The number of amides is 1. The maximum atomic E-state index is 13.0. The van der Waals surface area contributed by atoms with E-state index in [1.807, 2.05) is 6.92 Å². The van der Waals surface area contributed by atoms with Crippen LogP contribution in [0.4, 0.5) is 4.39 Å². The molecular weight excluding hydrogens is 295 g/mol. The fourth-order valence-corrected chi connectivity index (χ4v) is 1.94. The van der Waals surface area contributed by atoms with Gasteiger partial charge in [0.2, 0.25) is 5.91 Å². The zero-order valence-electron chi connectivity index (χ0n) is 14.6. The topological polar surface area (TPSA) is 56.7 Å². The number of carbonyl (C=O) groups is 1. The second-order valence-electron chi connectivity index (χ2n) is 6.23. The number of rotatable bonds is 6. The summed E-state index contributed by atoms with van der Waals surface area (Å²) in [6.07, 6.45) is 0. The van der Waals surface area contributed by atoms with Gasteiger partial charge in [0.05, 0.1) is 0 Å². The van der Waals surface area contributed by atoms with Gasteiger partial charge in [-0.05, 0) is 24.6 Å². The van der Waals surface area contributed by atoms with Gasteiger partial charge in [0, 0.05) is 32.6 Å². The summed E-state index contributed by atoms with van der Waals surface area (Å²) in [5.41, 5.74) is 0.835. The fraction of sp³-hybridized carbons (Fsp3) is 0.529. The second-order valence-corrected chi connectivity index (χ2v) is 6.23. The average Bonchev–Trinajstić information content (AvgIpc) is 2.50. The van der Waals surface area contributed by atoms with Crippen LogP contribution in [-0.4, -0.2) is 50.5 Å². The molecule has 0 aliphatic heterocycles. The van der Waals surface area contributed by atoms with Crippen molar-refractivity contribution in [1.82, 2.24) is 15.5 Å². The van der Waals surface area contributed by atoms with Gasteiger partial charge in [-0.15, -0.1) is 0 Å². The summed E-state index contributed by atoms with van der Waals surface area (Å²) < 4.78 is 13.0. The summed E-state index contributed by atoms with van der Waals surface area (Å²) >= 11 is 0. The van der Waals surface area contributed by atoms with Crippen LogP contribution in [0.15, 0.2) is 29.3 Å². The van der Waals surface area contributed by atoms with Gasteiger partial charge in [0.25, 0.3) is 0 Å². The summed E-state index contributed by atoms with van der Waals surface area (Å²) in [5.74, 6) is 0.299. The van der Waals surface area contributed by atoms with Gasteiger partial charge in [-0.1, -0.05) is 26.0 Å². The summed E-state index contributed by atoms with van der Waals surface area (Å²) in [7, 11) is 3.41. The first-order chi connectivity index (χ1) is 10.8. The van der Waals surface area contributed by atoms with E-state index in [-0.39, 0.29) is 23.7 Å². The van der Waals surface area contributed by atoms with Crippen molar-refractivity contribution in [2.24, 2.45) is 4.99 Å². The van der Waals surface area contributed by atoms with E-state index in [0.29, 0.717) is 19.0 Å². The molecule has 1 amide bonds. The van der Waals surface area contributed by atoms with E-state index in [4.69, 9.17) is 0 Å². The lowest BCUT2D eigenvalue weighted by atomic mass is 9.84. The first-order valence-corrected chi connectivity index (χ1v) is 7.74. The lowest BCUT2D eigenvalue weighted by Gasteiger charge is -2.26. The number of aliphatic imine (C=N–C) groups is 1. The normalized spacial score (nSPS) is 12.0. The lowest BCUT2D eigenvalue weighted by Crippen LogP contribution is -2.44. The Bertz CT molecular complexity index is 538. The number of hydrogen-bond acceptors (Lipinski definition) is 2. The van der Waals surface area contributed by atoms with Gasteiger partial charge < -0.3 is 15.5 Å². The molecule has 2 N–H and O–H groups in total. The number of nitrogens with zero attached hydrogens (tertiary/aromatic N) is 2.